The van der Waals surface area contributed by atoms with Crippen molar-refractivity contribution in [2.45, 2.75) is 37.6 Å². The van der Waals surface area contributed by atoms with Crippen LogP contribution in [0, 0.1) is 6.92 Å². The van der Waals surface area contributed by atoms with Crippen LogP contribution in [0.15, 0.2) is 47.4 Å². The number of methoxy groups -OCH3 is 1. The summed E-state index contributed by atoms with van der Waals surface area (Å²) in [7, 11) is -2.30. The van der Waals surface area contributed by atoms with E-state index < -0.39 is 16.1 Å². The molecular formula is C21H26N2O5S. The van der Waals surface area contributed by atoms with Gasteiger partial charge in [0.2, 0.25) is 15.9 Å². The van der Waals surface area contributed by atoms with Crippen molar-refractivity contribution >= 4 is 21.6 Å². The van der Waals surface area contributed by atoms with Crippen LogP contribution in [0.5, 0.6) is 11.5 Å². The van der Waals surface area contributed by atoms with Crippen molar-refractivity contribution in [1.82, 2.24) is 4.72 Å². The minimum absolute atomic E-state index is 0.0363. The van der Waals surface area contributed by atoms with E-state index in [2.05, 4.69) is 4.72 Å². The molecule has 0 spiro atoms. The van der Waals surface area contributed by atoms with Crippen LogP contribution < -0.4 is 19.1 Å². The Labute approximate surface area is 171 Å². The van der Waals surface area contributed by atoms with Gasteiger partial charge in [0.05, 0.1) is 23.7 Å². The maximum Gasteiger partial charge on any atom is 0.241 e. The first-order valence-corrected chi connectivity index (χ1v) is 11.0. The molecular weight excluding hydrogens is 392 g/mol. The summed E-state index contributed by atoms with van der Waals surface area (Å²) < 4.78 is 39.4. The molecule has 1 heterocycles. The van der Waals surface area contributed by atoms with Crippen LogP contribution in [-0.2, 0) is 14.8 Å². The Morgan fingerprint density at radius 3 is 2.59 bits per heavy atom. The molecule has 29 heavy (non-hydrogen) atoms. The smallest absolute Gasteiger partial charge is 0.241 e. The molecule has 7 nitrogen and oxygen atoms in total. The number of anilines is 1. The lowest BCUT2D eigenvalue weighted by Crippen LogP contribution is -2.37. The summed E-state index contributed by atoms with van der Waals surface area (Å²) in [6.07, 6.45) is 1.19. The van der Waals surface area contributed by atoms with Crippen LogP contribution >= 0.6 is 0 Å². The number of hydrogen-bond donors (Lipinski definition) is 1. The second-order valence-corrected chi connectivity index (χ2v) is 8.80. The third kappa shape index (κ3) is 4.89. The summed E-state index contributed by atoms with van der Waals surface area (Å²) in [4.78, 5) is 13.8. The maximum atomic E-state index is 12.9. The van der Waals surface area contributed by atoms with Gasteiger partial charge in [-0.05, 0) is 50.1 Å². The van der Waals surface area contributed by atoms with Crippen molar-refractivity contribution in [1.29, 1.82) is 0 Å². The number of nitrogens with zero attached hydrogens (tertiary/aromatic N) is 1. The highest BCUT2D eigenvalue weighted by molar-refractivity contribution is 7.89. The van der Waals surface area contributed by atoms with E-state index in [1.165, 1.54) is 19.2 Å². The number of sulfonamides is 1. The van der Waals surface area contributed by atoms with E-state index in [-0.39, 0.29) is 17.4 Å². The number of aryl methyl sites for hydroxylation is 1. The second kappa shape index (κ2) is 8.84. The number of nitrogens with one attached hydrogen (secondary N) is 1. The number of benzene rings is 2. The number of hydrogen-bond acceptors (Lipinski definition) is 5. The van der Waals surface area contributed by atoms with Gasteiger partial charge < -0.3 is 14.4 Å². The molecule has 156 valence electrons. The lowest BCUT2D eigenvalue weighted by Gasteiger charge is -2.21. The Morgan fingerprint density at radius 1 is 1.17 bits per heavy atom. The topological polar surface area (TPSA) is 84.9 Å². The lowest BCUT2D eigenvalue weighted by atomic mass is 10.2. The van der Waals surface area contributed by atoms with Crippen LogP contribution in [0.2, 0.25) is 0 Å². The third-order valence-corrected chi connectivity index (χ3v) is 6.35. The molecule has 1 amide bonds. The Bertz CT molecular complexity index is 990. The quantitative estimate of drug-likeness (QED) is 0.713. The summed E-state index contributed by atoms with van der Waals surface area (Å²) in [5.74, 6) is 1.15. The van der Waals surface area contributed by atoms with Crippen molar-refractivity contribution in [3.05, 3.63) is 48.0 Å². The number of amides is 1. The Kier molecular flexibility index (Phi) is 6.44. The first-order chi connectivity index (χ1) is 13.8. The van der Waals surface area contributed by atoms with Gasteiger partial charge >= 0.3 is 0 Å². The van der Waals surface area contributed by atoms with Crippen molar-refractivity contribution in [3.63, 3.8) is 0 Å². The molecule has 1 atom stereocenters. The molecule has 2 aromatic carbocycles. The van der Waals surface area contributed by atoms with Gasteiger partial charge in [-0.25, -0.2) is 13.1 Å². The first-order valence-electron chi connectivity index (χ1n) is 9.51. The van der Waals surface area contributed by atoms with Crippen molar-refractivity contribution in [3.8, 4) is 11.5 Å². The predicted molar refractivity (Wildman–Crippen MR) is 111 cm³/mol. The molecule has 1 aliphatic heterocycles. The number of para-hydroxylation sites is 1. The van der Waals surface area contributed by atoms with Crippen LogP contribution in [-0.4, -0.2) is 40.6 Å². The van der Waals surface area contributed by atoms with Gasteiger partial charge in [-0.15, -0.1) is 0 Å². The third-order valence-electron chi connectivity index (χ3n) is 4.76. The fourth-order valence-corrected chi connectivity index (χ4v) is 4.50. The summed E-state index contributed by atoms with van der Waals surface area (Å²) in [5.41, 5.74) is 1.46. The van der Waals surface area contributed by atoms with E-state index in [1.807, 2.05) is 31.2 Å². The predicted octanol–water partition coefficient (Wildman–Crippen LogP) is 2.88. The molecule has 8 heteroatoms. The molecule has 0 unspecified atom stereocenters. The minimum atomic E-state index is -3.79. The van der Waals surface area contributed by atoms with Crippen LogP contribution in [0.25, 0.3) is 0 Å². The molecule has 1 N–H and O–H groups in total. The monoisotopic (exact) mass is 418 g/mol. The average Bonchev–Trinajstić information content (AvgIpc) is 3.12. The Balaban J connectivity index is 1.74. The fraction of sp³-hybridized carbons (Fsp3) is 0.381. The molecule has 2 aromatic rings. The van der Waals surface area contributed by atoms with Gasteiger partial charge in [-0.2, -0.15) is 0 Å². The minimum Gasteiger partial charge on any atom is -0.495 e. The van der Waals surface area contributed by atoms with E-state index in [0.717, 1.165) is 17.7 Å². The molecule has 0 bridgehead atoms. The molecule has 1 aliphatic rings. The highest BCUT2D eigenvalue weighted by Gasteiger charge is 2.27. The summed E-state index contributed by atoms with van der Waals surface area (Å²) in [5, 5.41) is 0. The molecule has 1 fully saturated rings. The van der Waals surface area contributed by atoms with Crippen LogP contribution in [0.1, 0.15) is 25.3 Å². The summed E-state index contributed by atoms with van der Waals surface area (Å²) in [6, 6.07) is 11.7. The van der Waals surface area contributed by atoms with E-state index in [9.17, 15) is 13.2 Å². The van der Waals surface area contributed by atoms with E-state index in [1.54, 1.807) is 17.9 Å². The number of rotatable bonds is 8. The van der Waals surface area contributed by atoms with E-state index in [4.69, 9.17) is 9.47 Å². The molecule has 0 aliphatic carbocycles. The molecule has 1 saturated heterocycles. The van der Waals surface area contributed by atoms with Crippen molar-refractivity contribution in [2.75, 3.05) is 25.2 Å². The highest BCUT2D eigenvalue weighted by Crippen LogP contribution is 2.33. The number of carbonyl (C=O) groups is 1. The second-order valence-electron chi connectivity index (χ2n) is 7.08. The van der Waals surface area contributed by atoms with Gasteiger partial charge in [0, 0.05) is 13.0 Å². The molecule has 0 saturated carbocycles. The Morgan fingerprint density at radius 2 is 1.93 bits per heavy atom. The van der Waals surface area contributed by atoms with E-state index in [0.29, 0.717) is 24.4 Å². The van der Waals surface area contributed by atoms with Gasteiger partial charge in [-0.3, -0.25) is 4.79 Å². The van der Waals surface area contributed by atoms with Gasteiger partial charge in [0.25, 0.3) is 0 Å². The zero-order chi connectivity index (χ0) is 21.0. The van der Waals surface area contributed by atoms with Gasteiger partial charge in [0.1, 0.15) is 18.1 Å². The van der Waals surface area contributed by atoms with Crippen molar-refractivity contribution < 1.29 is 22.7 Å². The van der Waals surface area contributed by atoms with Crippen molar-refractivity contribution in [2.24, 2.45) is 0 Å². The number of carbonyl (C=O) groups excluding carboxylic acids is 1. The molecule has 3 rings (SSSR count). The average molecular weight is 419 g/mol. The maximum absolute atomic E-state index is 12.9. The fourth-order valence-electron chi connectivity index (χ4n) is 3.25. The molecule has 0 aromatic heterocycles. The first kappa shape index (κ1) is 21.1. The summed E-state index contributed by atoms with van der Waals surface area (Å²) in [6.45, 7) is 4.41. The van der Waals surface area contributed by atoms with Gasteiger partial charge in [-0.1, -0.05) is 18.2 Å². The Hall–Kier alpha value is -2.58. The molecule has 0 radical (unpaired) electrons. The van der Waals surface area contributed by atoms with Crippen LogP contribution in [0.3, 0.4) is 0 Å². The zero-order valence-electron chi connectivity index (χ0n) is 16.8. The van der Waals surface area contributed by atoms with Crippen LogP contribution in [0.4, 0.5) is 5.69 Å². The summed E-state index contributed by atoms with van der Waals surface area (Å²) >= 11 is 0. The number of ether oxygens (including phenoxy) is 2. The highest BCUT2D eigenvalue weighted by atomic mass is 32.2. The largest absolute Gasteiger partial charge is 0.495 e. The van der Waals surface area contributed by atoms with Gasteiger partial charge in [0.15, 0.2) is 0 Å². The standard InChI is InChI=1S/C21H26N2O5S/c1-15-7-4-5-8-19(15)28-14-16(2)22-29(25,26)17-10-11-20(27-3)18(13-17)23-12-6-9-21(23)24/h4-5,7-8,10-11,13,16,22H,6,9,12,14H2,1-3H3/t16-/m0/s1. The van der Waals surface area contributed by atoms with E-state index >= 15 is 0 Å². The zero-order valence-corrected chi connectivity index (χ0v) is 17.7. The normalized spacial score (nSPS) is 15.4. The SMILES string of the molecule is COc1ccc(S(=O)(=O)N[C@@H](C)COc2ccccc2C)cc1N1CCCC1=O. The lowest BCUT2D eigenvalue weighted by molar-refractivity contribution is -0.117.